The second-order valence-electron chi connectivity index (χ2n) is 12.3. The molecule has 0 saturated heterocycles. The van der Waals surface area contributed by atoms with Crippen molar-refractivity contribution in [1.29, 1.82) is 0 Å². The zero-order valence-electron chi connectivity index (χ0n) is 32.2. The van der Waals surface area contributed by atoms with E-state index in [1.807, 2.05) is 49.5 Å². The van der Waals surface area contributed by atoms with E-state index >= 15 is 0 Å². The van der Waals surface area contributed by atoms with Crippen LogP contribution in [-0.2, 0) is 28.2 Å². The van der Waals surface area contributed by atoms with E-state index in [4.69, 9.17) is 19.3 Å². The molecule has 0 aromatic rings. The van der Waals surface area contributed by atoms with Gasteiger partial charge in [-0.3, -0.25) is 14.1 Å². The van der Waals surface area contributed by atoms with E-state index in [0.29, 0.717) is 25.7 Å². The minimum Gasteiger partial charge on any atom is -0.462 e. The molecule has 0 aliphatic heterocycles. The van der Waals surface area contributed by atoms with Gasteiger partial charge in [0.1, 0.15) is 6.61 Å². The van der Waals surface area contributed by atoms with Gasteiger partial charge >= 0.3 is 19.8 Å². The molecule has 1 unspecified atom stereocenters. The Bertz CT molecular complexity index is 1230. The number of allylic oxidation sites excluding steroid dienone is 16. The van der Waals surface area contributed by atoms with Gasteiger partial charge in [-0.05, 0) is 83.5 Å². The number of aliphatic hydroxyl groups excluding tert-OH is 1. The molecule has 2 atom stereocenters. The van der Waals surface area contributed by atoms with Gasteiger partial charge in [-0.2, -0.15) is 0 Å². The Kier molecular flexibility index (Phi) is 34.7. The van der Waals surface area contributed by atoms with Crippen LogP contribution in [0.3, 0.4) is 0 Å². The van der Waals surface area contributed by atoms with Gasteiger partial charge in [0.05, 0.1) is 12.7 Å². The molecule has 10 heteroatoms. The Morgan fingerprint density at radius 2 is 1.09 bits per heavy atom. The Hall–Kier alpha value is -3.33. The van der Waals surface area contributed by atoms with E-state index in [-0.39, 0.29) is 19.4 Å². The number of carbonyl (C=O) groups is 2. The Morgan fingerprint density at radius 1 is 0.585 bits per heavy atom. The number of rotatable bonds is 33. The van der Waals surface area contributed by atoms with Gasteiger partial charge in [0.2, 0.25) is 0 Å². The van der Waals surface area contributed by atoms with E-state index in [1.165, 1.54) is 0 Å². The summed E-state index contributed by atoms with van der Waals surface area (Å²) in [6.07, 6.45) is 48.7. The lowest BCUT2D eigenvalue weighted by atomic mass is 10.1. The maximum atomic E-state index is 12.4. The third kappa shape index (κ3) is 39.7. The smallest absolute Gasteiger partial charge is 0.462 e. The lowest BCUT2D eigenvalue weighted by Crippen LogP contribution is -2.29. The van der Waals surface area contributed by atoms with Crippen molar-refractivity contribution in [3.63, 3.8) is 0 Å². The SMILES string of the molecule is CC/C=C\C/C=C\C/C=C\C/C=C\CCCCCCC(=O)OC[C@H](COP(=O)(O)O)OC(=O)CCC/C=C\C/C=C\C/C=C\C=C\CC(O)/C=C\CC. The van der Waals surface area contributed by atoms with E-state index in [1.54, 1.807) is 6.08 Å². The van der Waals surface area contributed by atoms with Gasteiger partial charge in [-0.15, -0.1) is 0 Å². The highest BCUT2D eigenvalue weighted by atomic mass is 31.2. The number of hydrogen-bond acceptors (Lipinski definition) is 7. The zero-order valence-corrected chi connectivity index (χ0v) is 33.1. The van der Waals surface area contributed by atoms with Crippen molar-refractivity contribution in [2.75, 3.05) is 13.2 Å². The van der Waals surface area contributed by atoms with E-state index in [0.717, 1.165) is 70.6 Å². The van der Waals surface area contributed by atoms with Gasteiger partial charge < -0.3 is 24.4 Å². The van der Waals surface area contributed by atoms with Gasteiger partial charge in [-0.25, -0.2) is 4.57 Å². The highest BCUT2D eigenvalue weighted by molar-refractivity contribution is 7.46. The summed E-state index contributed by atoms with van der Waals surface area (Å²) in [5.74, 6) is -1.02. The quantitative estimate of drug-likeness (QED) is 0.0196. The highest BCUT2D eigenvalue weighted by Crippen LogP contribution is 2.35. The van der Waals surface area contributed by atoms with Crippen LogP contribution in [0.5, 0.6) is 0 Å². The van der Waals surface area contributed by atoms with Crippen molar-refractivity contribution in [2.45, 2.75) is 135 Å². The summed E-state index contributed by atoms with van der Waals surface area (Å²) in [4.78, 5) is 42.7. The lowest BCUT2D eigenvalue weighted by molar-refractivity contribution is -0.161. The molecule has 0 aliphatic carbocycles. The van der Waals surface area contributed by atoms with E-state index in [2.05, 4.69) is 72.2 Å². The molecule has 0 aliphatic rings. The van der Waals surface area contributed by atoms with Crippen LogP contribution in [0.4, 0.5) is 0 Å². The van der Waals surface area contributed by atoms with Crippen LogP contribution in [0.2, 0.25) is 0 Å². The molecule has 0 aromatic heterocycles. The predicted molar refractivity (Wildman–Crippen MR) is 217 cm³/mol. The van der Waals surface area contributed by atoms with Gasteiger partial charge in [0, 0.05) is 12.8 Å². The number of hydrogen-bond donors (Lipinski definition) is 3. The van der Waals surface area contributed by atoms with Crippen molar-refractivity contribution < 1.29 is 43.0 Å². The minimum absolute atomic E-state index is 0.103. The first-order valence-corrected chi connectivity index (χ1v) is 20.8. The van der Waals surface area contributed by atoms with E-state index < -0.39 is 38.6 Å². The van der Waals surface area contributed by atoms with Crippen LogP contribution in [0.15, 0.2) is 109 Å². The molecular weight excluding hydrogens is 691 g/mol. The number of phosphoric acid groups is 1. The molecule has 0 saturated carbocycles. The summed E-state index contributed by atoms with van der Waals surface area (Å²) < 4.78 is 26.2. The van der Waals surface area contributed by atoms with Gasteiger partial charge in [-0.1, -0.05) is 136 Å². The number of phosphoric ester groups is 1. The normalized spacial score (nSPS) is 14.3. The summed E-state index contributed by atoms with van der Waals surface area (Å²) in [5, 5.41) is 9.73. The van der Waals surface area contributed by atoms with Gasteiger partial charge in [0.25, 0.3) is 0 Å². The lowest BCUT2D eigenvalue weighted by Gasteiger charge is -2.18. The fourth-order valence-electron chi connectivity index (χ4n) is 4.54. The topological polar surface area (TPSA) is 140 Å². The monoisotopic (exact) mass is 758 g/mol. The second kappa shape index (κ2) is 37.0. The van der Waals surface area contributed by atoms with Crippen LogP contribution in [-0.4, -0.2) is 52.3 Å². The minimum atomic E-state index is -4.79. The zero-order chi connectivity index (χ0) is 39.1. The van der Waals surface area contributed by atoms with Crippen molar-refractivity contribution in [3.05, 3.63) is 109 Å². The van der Waals surface area contributed by atoms with Crippen molar-refractivity contribution >= 4 is 19.8 Å². The van der Waals surface area contributed by atoms with Crippen LogP contribution in [0.1, 0.15) is 123 Å². The molecule has 0 amide bonds. The average Bonchev–Trinajstić information content (AvgIpc) is 3.12. The van der Waals surface area contributed by atoms with Gasteiger partial charge in [0.15, 0.2) is 6.10 Å². The molecule has 3 N–H and O–H groups in total. The molecule has 0 spiro atoms. The number of unbranched alkanes of at least 4 members (excludes halogenated alkanes) is 5. The molecule has 0 heterocycles. The molecule has 0 fully saturated rings. The summed E-state index contributed by atoms with van der Waals surface area (Å²) >= 11 is 0. The maximum Gasteiger partial charge on any atom is 0.469 e. The van der Waals surface area contributed by atoms with Crippen LogP contribution < -0.4 is 0 Å². The summed E-state index contributed by atoms with van der Waals surface area (Å²) in [6, 6.07) is 0. The fourth-order valence-corrected chi connectivity index (χ4v) is 4.90. The summed E-state index contributed by atoms with van der Waals surface area (Å²) in [7, 11) is -4.79. The maximum absolute atomic E-state index is 12.4. The fraction of sp³-hybridized carbons (Fsp3) is 0.535. The molecular formula is C43H67O9P. The predicted octanol–water partition coefficient (Wildman–Crippen LogP) is 10.6. The second-order valence-corrected chi connectivity index (χ2v) is 13.6. The highest BCUT2D eigenvalue weighted by Gasteiger charge is 2.22. The molecule has 0 rings (SSSR count). The molecule has 0 bridgehead atoms. The van der Waals surface area contributed by atoms with Crippen molar-refractivity contribution in [1.82, 2.24) is 0 Å². The number of aliphatic hydroxyl groups is 1. The average molecular weight is 759 g/mol. The van der Waals surface area contributed by atoms with Crippen LogP contribution in [0.25, 0.3) is 0 Å². The first kappa shape index (κ1) is 49.7. The molecule has 9 nitrogen and oxygen atoms in total. The molecule has 53 heavy (non-hydrogen) atoms. The Morgan fingerprint density at radius 3 is 1.70 bits per heavy atom. The van der Waals surface area contributed by atoms with Crippen LogP contribution >= 0.6 is 7.82 Å². The first-order valence-electron chi connectivity index (χ1n) is 19.3. The summed E-state index contributed by atoms with van der Waals surface area (Å²) in [6.45, 7) is 3.24. The largest absolute Gasteiger partial charge is 0.469 e. The third-order valence-electron chi connectivity index (χ3n) is 7.36. The Balaban J connectivity index is 4.17. The summed E-state index contributed by atoms with van der Waals surface area (Å²) in [5.41, 5.74) is 0. The standard InChI is InChI=1S/C43H67O9P/c1-3-5-7-8-9-10-11-12-13-14-15-16-20-23-26-29-32-36-42(45)50-38-41(39-51-53(47,48)49)52-43(46)37-33-30-27-24-21-18-17-19-22-25-28-31-35-40(44)34-6-4-2/h5-7,9-10,12-13,15-18,22,24-25,27-28,31,34,40-41,44H,3-4,8,11,14,19-21,23,26,29-30,32-33,35-39H2,1-2H3,(H2,47,48,49)/b7-5-,10-9-,13-12-,16-15-,18-17-,25-22-,27-24-,31-28+,34-6-/t40?,41-/m1/s1. The molecule has 298 valence electrons. The first-order chi connectivity index (χ1) is 25.7. The Labute approximate surface area is 319 Å². The van der Waals surface area contributed by atoms with Crippen molar-refractivity contribution in [2.24, 2.45) is 0 Å². The van der Waals surface area contributed by atoms with E-state index in [9.17, 15) is 19.3 Å². The number of ether oxygens (including phenoxy) is 2. The molecule has 0 aromatic carbocycles. The van der Waals surface area contributed by atoms with Crippen LogP contribution in [0, 0.1) is 0 Å². The number of carbonyl (C=O) groups excluding carboxylic acids is 2. The van der Waals surface area contributed by atoms with Crippen molar-refractivity contribution in [3.8, 4) is 0 Å². The number of esters is 2. The third-order valence-corrected chi connectivity index (χ3v) is 7.85. The molecule has 0 radical (unpaired) electrons.